The number of hydrogen-bond donors (Lipinski definition) is 1. The SMILES string of the molecule is Cn1nc(C(N)=O)c2c(F)cccc21. The smallest absolute Gasteiger partial charge is 0.269 e. The molecule has 0 bridgehead atoms. The molecular formula is C9H8FN3O. The van der Waals surface area contributed by atoms with Gasteiger partial charge < -0.3 is 5.73 Å². The van der Waals surface area contributed by atoms with E-state index in [1.807, 2.05) is 0 Å². The summed E-state index contributed by atoms with van der Waals surface area (Å²) in [6.45, 7) is 0. The van der Waals surface area contributed by atoms with E-state index in [2.05, 4.69) is 5.10 Å². The highest BCUT2D eigenvalue weighted by Gasteiger charge is 2.16. The van der Waals surface area contributed by atoms with E-state index in [9.17, 15) is 9.18 Å². The fourth-order valence-corrected chi connectivity index (χ4v) is 1.44. The Morgan fingerprint density at radius 2 is 2.29 bits per heavy atom. The molecule has 2 N–H and O–H groups in total. The van der Waals surface area contributed by atoms with E-state index in [-0.39, 0.29) is 11.1 Å². The van der Waals surface area contributed by atoms with E-state index in [4.69, 9.17) is 5.73 Å². The maximum absolute atomic E-state index is 13.4. The number of fused-ring (bicyclic) bond motifs is 1. The van der Waals surface area contributed by atoms with Crippen LogP contribution in [0.4, 0.5) is 4.39 Å². The summed E-state index contributed by atoms with van der Waals surface area (Å²) in [7, 11) is 1.63. The van der Waals surface area contributed by atoms with Crippen LogP contribution in [0.15, 0.2) is 18.2 Å². The molecule has 1 amide bonds. The molecule has 72 valence electrons. The molecule has 0 radical (unpaired) electrons. The Morgan fingerprint density at radius 1 is 1.57 bits per heavy atom. The van der Waals surface area contributed by atoms with Gasteiger partial charge in [0.25, 0.3) is 5.91 Å². The van der Waals surface area contributed by atoms with E-state index in [1.54, 1.807) is 19.2 Å². The maximum Gasteiger partial charge on any atom is 0.269 e. The number of halogens is 1. The molecule has 0 spiro atoms. The molecule has 4 nitrogen and oxygen atoms in total. The van der Waals surface area contributed by atoms with Gasteiger partial charge in [0.2, 0.25) is 0 Å². The Balaban J connectivity index is 2.93. The van der Waals surface area contributed by atoms with E-state index in [1.165, 1.54) is 10.7 Å². The number of primary amides is 1. The largest absolute Gasteiger partial charge is 0.364 e. The second kappa shape index (κ2) is 2.80. The molecule has 1 aromatic carbocycles. The summed E-state index contributed by atoms with van der Waals surface area (Å²) in [4.78, 5) is 11.0. The van der Waals surface area contributed by atoms with Gasteiger partial charge in [-0.1, -0.05) is 6.07 Å². The summed E-state index contributed by atoms with van der Waals surface area (Å²) in [6.07, 6.45) is 0. The van der Waals surface area contributed by atoms with E-state index >= 15 is 0 Å². The topological polar surface area (TPSA) is 60.9 Å². The van der Waals surface area contributed by atoms with Crippen LogP contribution in [0.3, 0.4) is 0 Å². The normalized spacial score (nSPS) is 10.7. The number of aromatic nitrogens is 2. The Morgan fingerprint density at radius 3 is 2.93 bits per heavy atom. The van der Waals surface area contributed by atoms with Crippen molar-refractivity contribution in [1.29, 1.82) is 0 Å². The summed E-state index contributed by atoms with van der Waals surface area (Å²) in [5, 5.41) is 4.04. The fourth-order valence-electron chi connectivity index (χ4n) is 1.44. The lowest BCUT2D eigenvalue weighted by molar-refractivity contribution is 0.0996. The van der Waals surface area contributed by atoms with Gasteiger partial charge in [0.05, 0.1) is 10.9 Å². The average Bonchev–Trinajstić information content (AvgIpc) is 2.46. The highest BCUT2D eigenvalue weighted by Crippen LogP contribution is 2.20. The summed E-state index contributed by atoms with van der Waals surface area (Å²) in [5.41, 5.74) is 5.61. The first kappa shape index (κ1) is 8.68. The van der Waals surface area contributed by atoms with Gasteiger partial charge in [-0.25, -0.2) is 4.39 Å². The van der Waals surface area contributed by atoms with Crippen molar-refractivity contribution in [2.45, 2.75) is 0 Å². The first-order chi connectivity index (χ1) is 6.61. The van der Waals surface area contributed by atoms with Gasteiger partial charge >= 0.3 is 0 Å². The monoisotopic (exact) mass is 193 g/mol. The Kier molecular flexibility index (Phi) is 1.73. The number of rotatable bonds is 1. The minimum absolute atomic E-state index is 0.0272. The molecule has 0 unspecified atom stereocenters. The second-order valence-corrected chi connectivity index (χ2v) is 2.97. The third-order valence-corrected chi connectivity index (χ3v) is 2.06. The zero-order valence-corrected chi connectivity index (χ0v) is 7.49. The molecular weight excluding hydrogens is 185 g/mol. The third kappa shape index (κ3) is 1.06. The van der Waals surface area contributed by atoms with Crippen molar-refractivity contribution in [2.75, 3.05) is 0 Å². The lowest BCUT2D eigenvalue weighted by Gasteiger charge is -1.93. The molecule has 0 saturated carbocycles. The van der Waals surface area contributed by atoms with Crippen LogP contribution in [0.5, 0.6) is 0 Å². The predicted octanol–water partition coefficient (Wildman–Crippen LogP) is 0.811. The number of nitrogens with two attached hydrogens (primary N) is 1. The van der Waals surface area contributed by atoms with Crippen LogP contribution in [-0.2, 0) is 7.05 Å². The highest BCUT2D eigenvalue weighted by molar-refractivity contribution is 6.04. The van der Waals surface area contributed by atoms with E-state index < -0.39 is 11.7 Å². The molecule has 0 atom stereocenters. The number of benzene rings is 1. The number of amides is 1. The predicted molar refractivity (Wildman–Crippen MR) is 49.2 cm³/mol. The van der Waals surface area contributed by atoms with Crippen LogP contribution in [0, 0.1) is 5.82 Å². The molecule has 1 heterocycles. The number of carbonyl (C=O) groups is 1. The molecule has 2 rings (SSSR count). The quantitative estimate of drug-likeness (QED) is 0.728. The maximum atomic E-state index is 13.4. The number of nitrogens with zero attached hydrogens (tertiary/aromatic N) is 2. The van der Waals surface area contributed by atoms with Crippen molar-refractivity contribution in [2.24, 2.45) is 12.8 Å². The molecule has 0 saturated heterocycles. The summed E-state index contributed by atoms with van der Waals surface area (Å²) in [6, 6.07) is 4.51. The average molecular weight is 193 g/mol. The second-order valence-electron chi connectivity index (χ2n) is 2.97. The molecule has 1 aromatic heterocycles. The van der Waals surface area contributed by atoms with Gasteiger partial charge in [-0.2, -0.15) is 5.10 Å². The van der Waals surface area contributed by atoms with Gasteiger partial charge in [0, 0.05) is 7.05 Å². The van der Waals surface area contributed by atoms with E-state index in [0.717, 1.165) is 0 Å². The van der Waals surface area contributed by atoms with Crippen LogP contribution in [0.25, 0.3) is 10.9 Å². The molecule has 0 aliphatic heterocycles. The van der Waals surface area contributed by atoms with E-state index in [0.29, 0.717) is 5.52 Å². The van der Waals surface area contributed by atoms with Crippen molar-refractivity contribution >= 4 is 16.8 Å². The van der Waals surface area contributed by atoms with Crippen LogP contribution >= 0.6 is 0 Å². The zero-order chi connectivity index (χ0) is 10.3. The van der Waals surface area contributed by atoms with Gasteiger partial charge in [0.1, 0.15) is 5.82 Å². The standard InChI is InChI=1S/C9H8FN3O/c1-13-6-4-2-3-5(10)7(6)8(12-13)9(11)14/h2-4H,1H3,(H2,11,14). The fraction of sp³-hybridized carbons (Fsp3) is 0.111. The van der Waals surface area contributed by atoms with Crippen molar-refractivity contribution in [1.82, 2.24) is 9.78 Å². The van der Waals surface area contributed by atoms with Gasteiger partial charge in [-0.15, -0.1) is 0 Å². The number of aryl methyl sites for hydroxylation is 1. The Hall–Kier alpha value is -1.91. The molecule has 2 aromatic rings. The lowest BCUT2D eigenvalue weighted by Crippen LogP contribution is -2.12. The zero-order valence-electron chi connectivity index (χ0n) is 7.49. The number of carbonyl (C=O) groups excluding carboxylic acids is 1. The Bertz CT molecular complexity index is 518. The van der Waals surface area contributed by atoms with Crippen LogP contribution in [0.2, 0.25) is 0 Å². The first-order valence-electron chi connectivity index (χ1n) is 4.02. The Labute approximate surface area is 79.1 Å². The summed E-state index contributed by atoms with van der Waals surface area (Å²) >= 11 is 0. The van der Waals surface area contributed by atoms with Gasteiger partial charge in [-0.05, 0) is 12.1 Å². The van der Waals surface area contributed by atoms with Crippen LogP contribution in [-0.4, -0.2) is 15.7 Å². The summed E-state index contributed by atoms with van der Waals surface area (Å²) < 4.78 is 14.8. The third-order valence-electron chi connectivity index (χ3n) is 2.06. The van der Waals surface area contributed by atoms with Crippen LogP contribution in [0.1, 0.15) is 10.5 Å². The minimum Gasteiger partial charge on any atom is -0.364 e. The van der Waals surface area contributed by atoms with Crippen molar-refractivity contribution in [3.8, 4) is 0 Å². The first-order valence-corrected chi connectivity index (χ1v) is 4.02. The summed E-state index contributed by atoms with van der Waals surface area (Å²) in [5.74, 6) is -1.20. The molecule has 0 aliphatic carbocycles. The molecule has 5 heteroatoms. The molecule has 0 fully saturated rings. The van der Waals surface area contributed by atoms with Gasteiger partial charge in [-0.3, -0.25) is 9.48 Å². The molecule has 14 heavy (non-hydrogen) atoms. The van der Waals surface area contributed by atoms with Crippen molar-refractivity contribution in [3.63, 3.8) is 0 Å². The van der Waals surface area contributed by atoms with Crippen molar-refractivity contribution in [3.05, 3.63) is 29.7 Å². The van der Waals surface area contributed by atoms with Gasteiger partial charge in [0.15, 0.2) is 5.69 Å². The highest BCUT2D eigenvalue weighted by atomic mass is 19.1. The molecule has 0 aliphatic rings. The lowest BCUT2D eigenvalue weighted by atomic mass is 10.2. The number of hydrogen-bond acceptors (Lipinski definition) is 2. The van der Waals surface area contributed by atoms with Crippen LogP contribution < -0.4 is 5.73 Å². The minimum atomic E-state index is -0.722. The van der Waals surface area contributed by atoms with Crippen molar-refractivity contribution < 1.29 is 9.18 Å².